The zero-order valence-electron chi connectivity index (χ0n) is 17.9. The number of ether oxygens (including phenoxy) is 1. The molecule has 3 rings (SSSR count). The van der Waals surface area contributed by atoms with E-state index in [4.69, 9.17) is 4.74 Å². The van der Waals surface area contributed by atoms with Gasteiger partial charge in [0.1, 0.15) is 17.1 Å². The lowest BCUT2D eigenvalue weighted by molar-refractivity contribution is -0.140. The fourth-order valence-electron chi connectivity index (χ4n) is 3.43. The molecule has 1 saturated heterocycles. The minimum atomic E-state index is -0.609. The van der Waals surface area contributed by atoms with Crippen molar-refractivity contribution in [3.63, 3.8) is 0 Å². The predicted octanol–water partition coefficient (Wildman–Crippen LogP) is 4.09. The second kappa shape index (κ2) is 8.81. The first kappa shape index (κ1) is 21.7. The number of halogens is 1. The van der Waals surface area contributed by atoms with Crippen LogP contribution in [0.5, 0.6) is 11.6 Å². The van der Waals surface area contributed by atoms with Crippen LogP contribution in [0.1, 0.15) is 49.5 Å². The maximum absolute atomic E-state index is 13.8. The van der Waals surface area contributed by atoms with E-state index in [1.807, 2.05) is 50.8 Å². The fourth-order valence-corrected chi connectivity index (χ4v) is 3.43. The van der Waals surface area contributed by atoms with Crippen molar-refractivity contribution < 1.29 is 18.7 Å². The number of amides is 2. The van der Waals surface area contributed by atoms with E-state index in [9.17, 15) is 14.0 Å². The van der Waals surface area contributed by atoms with E-state index >= 15 is 0 Å². The molecule has 6 nitrogen and oxygen atoms in total. The van der Waals surface area contributed by atoms with Crippen LogP contribution in [0.15, 0.2) is 36.5 Å². The van der Waals surface area contributed by atoms with Crippen molar-refractivity contribution in [2.75, 3.05) is 13.1 Å². The van der Waals surface area contributed by atoms with Crippen LogP contribution in [-0.4, -0.2) is 40.8 Å². The quantitative estimate of drug-likeness (QED) is 0.820. The third kappa shape index (κ3) is 5.34. The van der Waals surface area contributed by atoms with Gasteiger partial charge in [0, 0.05) is 24.5 Å². The molecule has 1 aliphatic heterocycles. The van der Waals surface area contributed by atoms with Gasteiger partial charge in [-0.15, -0.1) is 0 Å². The standard InChI is InChI=1S/C23H28FN3O3/c1-15-6-5-7-18(12-15)30-21-19(13-16(24)14-25-21)20(28)26-17-8-10-27(11-9-17)22(29)23(2,3)4/h5-7,12-14,17H,8-11H2,1-4H3,(H,26,28). The third-order valence-electron chi connectivity index (χ3n) is 5.03. The number of nitrogens with one attached hydrogen (secondary N) is 1. The van der Waals surface area contributed by atoms with E-state index in [0.717, 1.165) is 17.8 Å². The number of pyridine rings is 1. The lowest BCUT2D eigenvalue weighted by Crippen LogP contribution is -2.49. The number of carbonyl (C=O) groups is 2. The Morgan fingerprint density at radius 2 is 1.90 bits per heavy atom. The minimum absolute atomic E-state index is 0.0460. The molecule has 7 heteroatoms. The second-order valence-electron chi connectivity index (χ2n) is 8.71. The van der Waals surface area contributed by atoms with E-state index < -0.39 is 17.1 Å². The van der Waals surface area contributed by atoms with E-state index in [2.05, 4.69) is 10.3 Å². The van der Waals surface area contributed by atoms with Crippen molar-refractivity contribution in [1.29, 1.82) is 0 Å². The van der Waals surface area contributed by atoms with E-state index in [1.54, 1.807) is 6.07 Å². The monoisotopic (exact) mass is 413 g/mol. The van der Waals surface area contributed by atoms with E-state index in [0.29, 0.717) is 31.7 Å². The summed E-state index contributed by atoms with van der Waals surface area (Å²) in [7, 11) is 0. The summed E-state index contributed by atoms with van der Waals surface area (Å²) in [5.74, 6) is -0.361. The van der Waals surface area contributed by atoms with Crippen molar-refractivity contribution in [1.82, 2.24) is 15.2 Å². The molecule has 160 valence electrons. The normalized spacial score (nSPS) is 15.0. The molecule has 2 heterocycles. The molecule has 0 radical (unpaired) electrons. The molecular formula is C23H28FN3O3. The molecule has 0 spiro atoms. The summed E-state index contributed by atoms with van der Waals surface area (Å²) in [6.07, 6.45) is 2.31. The number of piperidine rings is 1. The molecule has 1 fully saturated rings. The minimum Gasteiger partial charge on any atom is -0.438 e. The summed E-state index contributed by atoms with van der Waals surface area (Å²) < 4.78 is 19.5. The molecule has 0 saturated carbocycles. The van der Waals surface area contributed by atoms with Crippen molar-refractivity contribution >= 4 is 11.8 Å². The number of hydrogen-bond donors (Lipinski definition) is 1. The number of rotatable bonds is 4. The van der Waals surface area contributed by atoms with Crippen molar-refractivity contribution in [2.24, 2.45) is 5.41 Å². The Balaban J connectivity index is 1.67. The highest BCUT2D eigenvalue weighted by Crippen LogP contribution is 2.25. The zero-order valence-corrected chi connectivity index (χ0v) is 17.9. The maximum Gasteiger partial charge on any atom is 0.257 e. The molecule has 0 aliphatic carbocycles. The van der Waals surface area contributed by atoms with Crippen LogP contribution in [-0.2, 0) is 4.79 Å². The lowest BCUT2D eigenvalue weighted by Gasteiger charge is -2.36. The largest absolute Gasteiger partial charge is 0.438 e. The Hall–Kier alpha value is -2.96. The number of nitrogens with zero attached hydrogens (tertiary/aromatic N) is 2. The zero-order chi connectivity index (χ0) is 21.9. The van der Waals surface area contributed by atoms with Crippen molar-refractivity contribution in [3.8, 4) is 11.6 Å². The smallest absolute Gasteiger partial charge is 0.257 e. The first-order chi connectivity index (χ1) is 14.1. The molecule has 1 aromatic carbocycles. The van der Waals surface area contributed by atoms with Gasteiger partial charge in [-0.25, -0.2) is 9.37 Å². The summed E-state index contributed by atoms with van der Waals surface area (Å²) in [6, 6.07) is 8.36. The topological polar surface area (TPSA) is 71.5 Å². The third-order valence-corrected chi connectivity index (χ3v) is 5.03. The van der Waals surface area contributed by atoms with Crippen LogP contribution in [0.3, 0.4) is 0 Å². The highest BCUT2D eigenvalue weighted by molar-refractivity contribution is 5.96. The van der Waals surface area contributed by atoms with Gasteiger partial charge in [0.15, 0.2) is 0 Å². The summed E-state index contributed by atoms with van der Waals surface area (Å²) in [6.45, 7) is 8.78. The van der Waals surface area contributed by atoms with Gasteiger partial charge in [-0.05, 0) is 43.5 Å². The number of hydrogen-bond acceptors (Lipinski definition) is 4. The van der Waals surface area contributed by atoms with Crippen molar-refractivity contribution in [3.05, 3.63) is 53.5 Å². The Labute approximate surface area is 176 Å². The Morgan fingerprint density at radius 1 is 1.20 bits per heavy atom. The Kier molecular flexibility index (Phi) is 6.39. The van der Waals surface area contributed by atoms with Crippen LogP contribution < -0.4 is 10.1 Å². The van der Waals surface area contributed by atoms with Gasteiger partial charge in [0.05, 0.1) is 6.20 Å². The molecule has 1 N–H and O–H groups in total. The van der Waals surface area contributed by atoms with Gasteiger partial charge < -0.3 is 15.0 Å². The Bertz CT molecular complexity index is 932. The second-order valence-corrected chi connectivity index (χ2v) is 8.71. The molecule has 1 aromatic heterocycles. The van der Waals surface area contributed by atoms with E-state index in [-0.39, 0.29) is 23.4 Å². The van der Waals surface area contributed by atoms with Crippen LogP contribution in [0.25, 0.3) is 0 Å². The molecule has 1 aliphatic rings. The fraction of sp³-hybridized carbons (Fsp3) is 0.435. The highest BCUT2D eigenvalue weighted by atomic mass is 19.1. The summed E-state index contributed by atoms with van der Waals surface area (Å²) in [5, 5.41) is 2.93. The first-order valence-electron chi connectivity index (χ1n) is 10.1. The molecule has 0 bridgehead atoms. The highest BCUT2D eigenvalue weighted by Gasteiger charge is 2.31. The van der Waals surface area contributed by atoms with Crippen LogP contribution in [0.2, 0.25) is 0 Å². The van der Waals surface area contributed by atoms with Gasteiger partial charge in [0.2, 0.25) is 11.8 Å². The summed E-state index contributed by atoms with van der Waals surface area (Å²) >= 11 is 0. The van der Waals surface area contributed by atoms with Gasteiger partial charge in [-0.3, -0.25) is 9.59 Å². The van der Waals surface area contributed by atoms with Gasteiger partial charge in [-0.2, -0.15) is 0 Å². The molecule has 2 amide bonds. The van der Waals surface area contributed by atoms with Crippen LogP contribution >= 0.6 is 0 Å². The average Bonchev–Trinajstić information content (AvgIpc) is 2.68. The Morgan fingerprint density at radius 3 is 2.53 bits per heavy atom. The molecule has 0 atom stereocenters. The number of benzene rings is 1. The molecule has 30 heavy (non-hydrogen) atoms. The summed E-state index contributed by atoms with van der Waals surface area (Å²) in [4.78, 5) is 31.1. The maximum atomic E-state index is 13.8. The predicted molar refractivity (Wildman–Crippen MR) is 112 cm³/mol. The van der Waals surface area contributed by atoms with Gasteiger partial charge >= 0.3 is 0 Å². The van der Waals surface area contributed by atoms with Crippen LogP contribution in [0.4, 0.5) is 4.39 Å². The van der Waals surface area contributed by atoms with Gasteiger partial charge in [-0.1, -0.05) is 32.9 Å². The van der Waals surface area contributed by atoms with Crippen molar-refractivity contribution in [2.45, 2.75) is 46.6 Å². The molecular weight excluding hydrogens is 385 g/mol. The number of likely N-dealkylation sites (tertiary alicyclic amines) is 1. The molecule has 0 unspecified atom stereocenters. The first-order valence-corrected chi connectivity index (χ1v) is 10.1. The number of aromatic nitrogens is 1. The SMILES string of the molecule is Cc1cccc(Oc2ncc(F)cc2C(=O)NC2CCN(C(=O)C(C)(C)C)CC2)c1. The van der Waals surface area contributed by atoms with E-state index in [1.165, 1.54) is 0 Å². The lowest BCUT2D eigenvalue weighted by atomic mass is 9.93. The average molecular weight is 413 g/mol. The molecule has 2 aromatic rings. The number of carbonyl (C=O) groups excluding carboxylic acids is 2. The van der Waals surface area contributed by atoms with Crippen LogP contribution in [0, 0.1) is 18.2 Å². The van der Waals surface area contributed by atoms with Gasteiger partial charge in [0.25, 0.3) is 5.91 Å². The summed E-state index contributed by atoms with van der Waals surface area (Å²) in [5.41, 5.74) is 0.618. The number of aryl methyl sites for hydroxylation is 1.